The molecule has 0 saturated carbocycles. The Morgan fingerprint density at radius 2 is 1.50 bits per heavy atom. The third kappa shape index (κ3) is 2.47. The molecule has 1 nitrogen and oxygen atoms in total. The molecule has 3 heteroatoms. The Labute approximate surface area is 131 Å². The summed E-state index contributed by atoms with van der Waals surface area (Å²) in [7, 11) is 0. The second-order valence-electron chi connectivity index (χ2n) is 4.71. The van der Waals surface area contributed by atoms with E-state index in [-0.39, 0.29) is 6.04 Å². The molecular weight excluding hydrogens is 334 g/mol. The van der Waals surface area contributed by atoms with Crippen molar-refractivity contribution < 1.29 is 0 Å². The lowest BCUT2D eigenvalue weighted by Gasteiger charge is -2.16. The van der Waals surface area contributed by atoms with Gasteiger partial charge in [0.2, 0.25) is 0 Å². The van der Waals surface area contributed by atoms with Gasteiger partial charge in [-0.05, 0) is 34.7 Å². The summed E-state index contributed by atoms with van der Waals surface area (Å²) in [6.07, 6.45) is 0. The van der Waals surface area contributed by atoms with E-state index in [1.54, 1.807) is 0 Å². The molecule has 0 aromatic heterocycles. The lowest BCUT2D eigenvalue weighted by molar-refractivity contribution is 0.880. The van der Waals surface area contributed by atoms with E-state index in [2.05, 4.69) is 22.0 Å². The number of rotatable bonds is 2. The number of hydrogen-bond acceptors (Lipinski definition) is 1. The molecule has 3 rings (SSSR count). The molecule has 0 aliphatic rings. The predicted octanol–water partition coefficient (Wildman–Crippen LogP) is 5.30. The Hall–Kier alpha value is -1.35. The van der Waals surface area contributed by atoms with Crippen molar-refractivity contribution in [2.24, 2.45) is 5.73 Å². The van der Waals surface area contributed by atoms with Crippen LogP contribution in [-0.4, -0.2) is 0 Å². The van der Waals surface area contributed by atoms with Gasteiger partial charge in [-0.2, -0.15) is 0 Å². The van der Waals surface area contributed by atoms with Crippen LogP contribution >= 0.6 is 27.5 Å². The zero-order valence-electron chi connectivity index (χ0n) is 10.7. The summed E-state index contributed by atoms with van der Waals surface area (Å²) < 4.78 is 1.05. The van der Waals surface area contributed by atoms with Crippen molar-refractivity contribution in [3.8, 4) is 0 Å². The molecule has 0 bridgehead atoms. The molecule has 0 saturated heterocycles. The highest BCUT2D eigenvalue weighted by Gasteiger charge is 2.13. The Morgan fingerprint density at radius 1 is 0.850 bits per heavy atom. The number of benzene rings is 3. The SMILES string of the molecule is NC(c1ccc(Br)cc1)c1ccc(Cl)c2ccccc12. The second kappa shape index (κ2) is 5.57. The van der Waals surface area contributed by atoms with E-state index in [9.17, 15) is 0 Å². The second-order valence-corrected chi connectivity index (χ2v) is 6.03. The lowest BCUT2D eigenvalue weighted by Crippen LogP contribution is -2.12. The van der Waals surface area contributed by atoms with Gasteiger partial charge in [-0.1, -0.05) is 70.0 Å². The van der Waals surface area contributed by atoms with E-state index >= 15 is 0 Å². The van der Waals surface area contributed by atoms with Gasteiger partial charge < -0.3 is 5.73 Å². The summed E-state index contributed by atoms with van der Waals surface area (Å²) in [5.41, 5.74) is 8.60. The van der Waals surface area contributed by atoms with Crippen LogP contribution in [0.2, 0.25) is 5.02 Å². The van der Waals surface area contributed by atoms with Crippen molar-refractivity contribution in [1.29, 1.82) is 0 Å². The highest BCUT2D eigenvalue weighted by atomic mass is 79.9. The van der Waals surface area contributed by atoms with Gasteiger partial charge in [0.15, 0.2) is 0 Å². The van der Waals surface area contributed by atoms with Crippen molar-refractivity contribution in [2.75, 3.05) is 0 Å². The average molecular weight is 347 g/mol. The van der Waals surface area contributed by atoms with Crippen LogP contribution in [0.5, 0.6) is 0 Å². The number of hydrogen-bond donors (Lipinski definition) is 1. The van der Waals surface area contributed by atoms with Gasteiger partial charge in [-0.25, -0.2) is 0 Å². The zero-order valence-corrected chi connectivity index (χ0v) is 13.0. The maximum atomic E-state index is 6.42. The summed E-state index contributed by atoms with van der Waals surface area (Å²) >= 11 is 9.70. The molecule has 20 heavy (non-hydrogen) atoms. The largest absolute Gasteiger partial charge is 0.320 e. The first-order valence-corrected chi connectivity index (χ1v) is 7.52. The highest BCUT2D eigenvalue weighted by Crippen LogP contribution is 2.31. The van der Waals surface area contributed by atoms with Crippen LogP contribution in [0.4, 0.5) is 0 Å². The highest BCUT2D eigenvalue weighted by molar-refractivity contribution is 9.10. The Bertz CT molecular complexity index is 753. The third-order valence-electron chi connectivity index (χ3n) is 3.47. The first-order valence-electron chi connectivity index (χ1n) is 6.35. The fourth-order valence-corrected chi connectivity index (χ4v) is 2.90. The molecule has 0 radical (unpaired) electrons. The zero-order chi connectivity index (χ0) is 14.1. The molecule has 0 aliphatic carbocycles. The fourth-order valence-electron chi connectivity index (χ4n) is 2.41. The molecule has 2 N–H and O–H groups in total. The molecule has 3 aromatic rings. The number of fused-ring (bicyclic) bond motifs is 1. The summed E-state index contributed by atoms with van der Waals surface area (Å²) in [5.74, 6) is 0. The molecule has 0 heterocycles. The lowest BCUT2D eigenvalue weighted by atomic mass is 9.94. The minimum atomic E-state index is -0.162. The van der Waals surface area contributed by atoms with Gasteiger partial charge in [0.1, 0.15) is 0 Å². The van der Waals surface area contributed by atoms with Gasteiger partial charge >= 0.3 is 0 Å². The monoisotopic (exact) mass is 345 g/mol. The first kappa shape index (κ1) is 13.6. The van der Waals surface area contributed by atoms with Crippen LogP contribution in [-0.2, 0) is 0 Å². The Kier molecular flexibility index (Phi) is 3.79. The average Bonchev–Trinajstić information content (AvgIpc) is 2.48. The van der Waals surface area contributed by atoms with Crippen molar-refractivity contribution in [3.63, 3.8) is 0 Å². The maximum absolute atomic E-state index is 6.42. The van der Waals surface area contributed by atoms with Gasteiger partial charge in [-0.15, -0.1) is 0 Å². The maximum Gasteiger partial charge on any atom is 0.0557 e. The van der Waals surface area contributed by atoms with E-state index in [0.717, 1.165) is 31.4 Å². The Balaban J connectivity index is 2.14. The standard InChI is InChI=1S/C17H13BrClN/c18-12-7-5-11(6-8-12)17(20)15-9-10-16(19)14-4-2-1-3-13(14)15/h1-10,17H,20H2. The molecular formula is C17H13BrClN. The Morgan fingerprint density at radius 3 is 2.20 bits per heavy atom. The van der Waals surface area contributed by atoms with Gasteiger partial charge in [-0.3, -0.25) is 0 Å². The van der Waals surface area contributed by atoms with Crippen LogP contribution in [0, 0.1) is 0 Å². The van der Waals surface area contributed by atoms with E-state index in [1.807, 2.05) is 54.6 Å². The molecule has 100 valence electrons. The normalized spacial score (nSPS) is 12.6. The number of halogens is 2. The van der Waals surface area contributed by atoms with Gasteiger partial charge in [0, 0.05) is 14.9 Å². The van der Waals surface area contributed by atoms with Crippen LogP contribution in [0.25, 0.3) is 10.8 Å². The fraction of sp³-hybridized carbons (Fsp3) is 0.0588. The minimum Gasteiger partial charge on any atom is -0.320 e. The van der Waals surface area contributed by atoms with Crippen molar-refractivity contribution >= 4 is 38.3 Å². The van der Waals surface area contributed by atoms with Crippen LogP contribution in [0.15, 0.2) is 65.1 Å². The van der Waals surface area contributed by atoms with Crippen LogP contribution in [0.3, 0.4) is 0 Å². The van der Waals surface area contributed by atoms with E-state index < -0.39 is 0 Å². The van der Waals surface area contributed by atoms with Crippen molar-refractivity contribution in [1.82, 2.24) is 0 Å². The van der Waals surface area contributed by atoms with E-state index in [4.69, 9.17) is 17.3 Å². The predicted molar refractivity (Wildman–Crippen MR) is 89.1 cm³/mol. The summed E-state index contributed by atoms with van der Waals surface area (Å²) in [6, 6.07) is 19.9. The van der Waals surface area contributed by atoms with E-state index in [0.29, 0.717) is 0 Å². The minimum absolute atomic E-state index is 0.162. The molecule has 0 fully saturated rings. The topological polar surface area (TPSA) is 26.0 Å². The van der Waals surface area contributed by atoms with Gasteiger partial charge in [0.05, 0.1) is 6.04 Å². The van der Waals surface area contributed by atoms with Crippen LogP contribution < -0.4 is 5.73 Å². The van der Waals surface area contributed by atoms with Crippen molar-refractivity contribution in [2.45, 2.75) is 6.04 Å². The molecule has 0 amide bonds. The molecule has 3 aromatic carbocycles. The summed E-state index contributed by atoms with van der Waals surface area (Å²) in [6.45, 7) is 0. The van der Waals surface area contributed by atoms with E-state index in [1.165, 1.54) is 0 Å². The van der Waals surface area contributed by atoms with Crippen LogP contribution in [0.1, 0.15) is 17.2 Å². The molecule has 0 aliphatic heterocycles. The number of nitrogens with two attached hydrogens (primary N) is 1. The molecule has 1 unspecified atom stereocenters. The third-order valence-corrected chi connectivity index (χ3v) is 4.33. The smallest absolute Gasteiger partial charge is 0.0557 e. The quantitative estimate of drug-likeness (QED) is 0.669. The van der Waals surface area contributed by atoms with Crippen molar-refractivity contribution in [3.05, 3.63) is 81.3 Å². The summed E-state index contributed by atoms with van der Waals surface area (Å²) in [4.78, 5) is 0. The first-order chi connectivity index (χ1) is 9.66. The molecule has 1 atom stereocenters. The summed E-state index contributed by atoms with van der Waals surface area (Å²) in [5, 5.41) is 2.90. The molecule has 0 spiro atoms. The van der Waals surface area contributed by atoms with Gasteiger partial charge in [0.25, 0.3) is 0 Å².